The van der Waals surface area contributed by atoms with E-state index in [1.807, 2.05) is 62.4 Å². The van der Waals surface area contributed by atoms with Crippen LogP contribution in [0.4, 0.5) is 28.8 Å². The minimum Gasteiger partial charge on any atom is -0.491 e. The van der Waals surface area contributed by atoms with Gasteiger partial charge < -0.3 is 20.7 Å². The molecule has 7 heteroatoms. The molecule has 0 aliphatic rings. The number of aromatic nitrogens is 2. The molecule has 1 heterocycles. The minimum atomic E-state index is -0.121. The molecule has 0 saturated heterocycles. The summed E-state index contributed by atoms with van der Waals surface area (Å²) in [5.74, 6) is 1.81. The fraction of sp³-hybridized carbons (Fsp3) is 0.190. The maximum absolute atomic E-state index is 11.2. The molecule has 0 saturated carbocycles. The van der Waals surface area contributed by atoms with Gasteiger partial charge in [-0.2, -0.15) is 4.98 Å². The number of nitrogens with one attached hydrogen (secondary N) is 3. The van der Waals surface area contributed by atoms with Gasteiger partial charge in [-0.25, -0.2) is 4.98 Å². The van der Waals surface area contributed by atoms with Gasteiger partial charge in [0, 0.05) is 30.2 Å². The predicted molar refractivity (Wildman–Crippen MR) is 112 cm³/mol. The Morgan fingerprint density at radius 1 is 0.964 bits per heavy atom. The fourth-order valence-electron chi connectivity index (χ4n) is 2.53. The van der Waals surface area contributed by atoms with Crippen molar-refractivity contribution in [3.63, 3.8) is 0 Å². The van der Waals surface area contributed by atoms with Crippen molar-refractivity contribution in [2.45, 2.75) is 26.9 Å². The second-order valence-corrected chi connectivity index (χ2v) is 6.47. The lowest BCUT2D eigenvalue weighted by molar-refractivity contribution is -0.114. The summed E-state index contributed by atoms with van der Waals surface area (Å²) in [6.07, 6.45) is 1.81. The van der Waals surface area contributed by atoms with E-state index >= 15 is 0 Å². The summed E-state index contributed by atoms with van der Waals surface area (Å²) in [6, 6.07) is 16.8. The molecule has 2 aromatic carbocycles. The third kappa shape index (κ3) is 5.70. The van der Waals surface area contributed by atoms with E-state index in [4.69, 9.17) is 4.74 Å². The SMILES string of the molecule is CC(=O)Nc1cccc(Nc2nccc(Nc3ccc(OC(C)C)cc3)n2)c1. The molecule has 0 fully saturated rings. The number of hydrogen-bond acceptors (Lipinski definition) is 6. The molecule has 0 bridgehead atoms. The Bertz CT molecular complexity index is 942. The lowest BCUT2D eigenvalue weighted by Crippen LogP contribution is -2.06. The summed E-state index contributed by atoms with van der Waals surface area (Å²) < 4.78 is 5.65. The van der Waals surface area contributed by atoms with Gasteiger partial charge in [0.25, 0.3) is 0 Å². The van der Waals surface area contributed by atoms with Crippen LogP contribution in [0.2, 0.25) is 0 Å². The monoisotopic (exact) mass is 377 g/mol. The summed E-state index contributed by atoms with van der Waals surface area (Å²) in [6.45, 7) is 5.46. The molecule has 7 nitrogen and oxygen atoms in total. The third-order valence-electron chi connectivity index (χ3n) is 3.59. The maximum Gasteiger partial charge on any atom is 0.229 e. The maximum atomic E-state index is 11.2. The largest absolute Gasteiger partial charge is 0.491 e. The first kappa shape index (κ1) is 19.2. The minimum absolute atomic E-state index is 0.121. The first-order valence-electron chi connectivity index (χ1n) is 8.99. The van der Waals surface area contributed by atoms with E-state index < -0.39 is 0 Å². The summed E-state index contributed by atoms with van der Waals surface area (Å²) in [5.41, 5.74) is 2.38. The summed E-state index contributed by atoms with van der Waals surface area (Å²) in [4.78, 5) is 19.9. The van der Waals surface area contributed by atoms with E-state index in [1.165, 1.54) is 6.92 Å². The summed E-state index contributed by atoms with van der Waals surface area (Å²) >= 11 is 0. The van der Waals surface area contributed by atoms with E-state index in [0.29, 0.717) is 17.5 Å². The molecule has 3 N–H and O–H groups in total. The average Bonchev–Trinajstić information content (AvgIpc) is 2.63. The molecule has 144 valence electrons. The van der Waals surface area contributed by atoms with Crippen molar-refractivity contribution in [3.05, 3.63) is 60.8 Å². The van der Waals surface area contributed by atoms with E-state index in [9.17, 15) is 4.79 Å². The van der Waals surface area contributed by atoms with Crippen LogP contribution in [-0.2, 0) is 4.79 Å². The van der Waals surface area contributed by atoms with Crippen LogP contribution in [0.15, 0.2) is 60.8 Å². The van der Waals surface area contributed by atoms with E-state index in [2.05, 4.69) is 25.9 Å². The van der Waals surface area contributed by atoms with Crippen LogP contribution in [0.3, 0.4) is 0 Å². The zero-order valence-electron chi connectivity index (χ0n) is 16.1. The highest BCUT2D eigenvalue weighted by atomic mass is 16.5. The van der Waals surface area contributed by atoms with Crippen molar-refractivity contribution >= 4 is 34.7 Å². The number of anilines is 5. The molecule has 1 aromatic heterocycles. The van der Waals surface area contributed by atoms with Gasteiger partial charge in [0.05, 0.1) is 6.10 Å². The van der Waals surface area contributed by atoms with Crippen LogP contribution in [0.25, 0.3) is 0 Å². The zero-order valence-corrected chi connectivity index (χ0v) is 16.1. The molecule has 0 radical (unpaired) electrons. The number of nitrogens with zero attached hydrogens (tertiary/aromatic N) is 2. The molecule has 28 heavy (non-hydrogen) atoms. The number of hydrogen-bond donors (Lipinski definition) is 3. The summed E-state index contributed by atoms with van der Waals surface area (Å²) in [7, 11) is 0. The van der Waals surface area contributed by atoms with Gasteiger partial charge in [-0.15, -0.1) is 0 Å². The van der Waals surface area contributed by atoms with Crippen molar-refractivity contribution in [2.75, 3.05) is 16.0 Å². The number of carbonyl (C=O) groups is 1. The van der Waals surface area contributed by atoms with E-state index in [0.717, 1.165) is 17.1 Å². The van der Waals surface area contributed by atoms with Crippen molar-refractivity contribution in [2.24, 2.45) is 0 Å². The lowest BCUT2D eigenvalue weighted by Gasteiger charge is -2.11. The lowest BCUT2D eigenvalue weighted by atomic mass is 10.2. The molecule has 0 unspecified atom stereocenters. The smallest absolute Gasteiger partial charge is 0.229 e. The second kappa shape index (κ2) is 8.85. The van der Waals surface area contributed by atoms with E-state index in [1.54, 1.807) is 12.3 Å². The van der Waals surface area contributed by atoms with Gasteiger partial charge in [0.1, 0.15) is 11.6 Å². The van der Waals surface area contributed by atoms with Crippen molar-refractivity contribution in [1.82, 2.24) is 9.97 Å². The quantitative estimate of drug-likeness (QED) is 0.553. The average molecular weight is 377 g/mol. The van der Waals surface area contributed by atoms with Crippen LogP contribution < -0.4 is 20.7 Å². The first-order chi connectivity index (χ1) is 13.5. The second-order valence-electron chi connectivity index (χ2n) is 6.47. The van der Waals surface area contributed by atoms with Crippen LogP contribution >= 0.6 is 0 Å². The Labute approximate surface area is 164 Å². The normalized spacial score (nSPS) is 10.4. The molecule has 3 rings (SSSR count). The Morgan fingerprint density at radius 2 is 1.71 bits per heavy atom. The Morgan fingerprint density at radius 3 is 2.43 bits per heavy atom. The Hall–Kier alpha value is -3.61. The third-order valence-corrected chi connectivity index (χ3v) is 3.59. The van der Waals surface area contributed by atoms with Gasteiger partial charge in [-0.05, 0) is 62.4 Å². The van der Waals surface area contributed by atoms with Gasteiger partial charge in [-0.1, -0.05) is 6.07 Å². The Kier molecular flexibility index (Phi) is 6.06. The highest BCUT2D eigenvalue weighted by molar-refractivity contribution is 5.89. The van der Waals surface area contributed by atoms with Crippen LogP contribution in [0.5, 0.6) is 5.75 Å². The van der Waals surface area contributed by atoms with E-state index in [-0.39, 0.29) is 12.0 Å². The topological polar surface area (TPSA) is 88.2 Å². The summed E-state index contributed by atoms with van der Waals surface area (Å²) in [5, 5.41) is 9.13. The highest BCUT2D eigenvalue weighted by Gasteiger charge is 2.04. The first-order valence-corrected chi connectivity index (χ1v) is 8.99. The molecule has 1 amide bonds. The van der Waals surface area contributed by atoms with Crippen molar-refractivity contribution in [3.8, 4) is 5.75 Å². The van der Waals surface area contributed by atoms with Crippen molar-refractivity contribution < 1.29 is 9.53 Å². The van der Waals surface area contributed by atoms with Gasteiger partial charge in [0.2, 0.25) is 11.9 Å². The molecular weight excluding hydrogens is 354 g/mol. The molecular formula is C21H23N5O2. The predicted octanol–water partition coefficient (Wildman–Crippen LogP) is 4.71. The van der Waals surface area contributed by atoms with Crippen LogP contribution in [0, 0.1) is 0 Å². The standard InChI is InChI=1S/C21H23N5O2/c1-14(2)28-19-9-7-16(8-10-19)24-20-11-12-22-21(26-20)25-18-6-4-5-17(13-18)23-15(3)27/h4-14H,1-3H3,(H,23,27)(H2,22,24,25,26). The van der Waals surface area contributed by atoms with Crippen LogP contribution in [-0.4, -0.2) is 22.0 Å². The number of rotatable bonds is 7. The molecule has 0 aliphatic heterocycles. The van der Waals surface area contributed by atoms with Gasteiger partial charge >= 0.3 is 0 Å². The molecule has 0 atom stereocenters. The van der Waals surface area contributed by atoms with Gasteiger partial charge in [-0.3, -0.25) is 4.79 Å². The van der Waals surface area contributed by atoms with Crippen molar-refractivity contribution in [1.29, 1.82) is 0 Å². The molecule has 0 aliphatic carbocycles. The fourth-order valence-corrected chi connectivity index (χ4v) is 2.53. The Balaban J connectivity index is 1.68. The number of ether oxygens (including phenoxy) is 1. The number of carbonyl (C=O) groups excluding carboxylic acids is 1. The molecule has 0 spiro atoms. The molecule has 3 aromatic rings. The number of amides is 1. The van der Waals surface area contributed by atoms with Crippen LogP contribution in [0.1, 0.15) is 20.8 Å². The van der Waals surface area contributed by atoms with Gasteiger partial charge in [0.15, 0.2) is 0 Å². The zero-order chi connectivity index (χ0) is 19.9. The highest BCUT2D eigenvalue weighted by Crippen LogP contribution is 2.22. The number of benzene rings is 2.